The van der Waals surface area contributed by atoms with E-state index in [1.165, 1.54) is 4.90 Å². The number of urea groups is 1. The molecular formula is C14H22N2O3. The molecule has 5 heteroatoms. The molecule has 0 saturated heterocycles. The molecule has 0 unspecified atom stereocenters. The number of nitrogens with one attached hydrogen (secondary N) is 1. The van der Waals surface area contributed by atoms with E-state index in [2.05, 4.69) is 5.32 Å². The topological polar surface area (TPSA) is 72.8 Å². The van der Waals surface area contributed by atoms with Gasteiger partial charge < -0.3 is 20.4 Å². The second-order valence-electron chi connectivity index (χ2n) is 5.28. The van der Waals surface area contributed by atoms with E-state index in [4.69, 9.17) is 0 Å². The number of hydrogen-bond acceptors (Lipinski definition) is 3. The van der Waals surface area contributed by atoms with Crippen molar-refractivity contribution in [2.24, 2.45) is 5.41 Å². The number of hydrogen-bond donors (Lipinski definition) is 3. The lowest BCUT2D eigenvalue weighted by Gasteiger charge is -2.30. The number of amides is 2. The van der Waals surface area contributed by atoms with Gasteiger partial charge in [-0.05, 0) is 24.6 Å². The van der Waals surface area contributed by atoms with E-state index in [1.54, 1.807) is 14.0 Å². The fourth-order valence-electron chi connectivity index (χ4n) is 1.74. The summed E-state index contributed by atoms with van der Waals surface area (Å²) in [5.41, 5.74) is 1.10. The molecule has 106 valence electrons. The van der Waals surface area contributed by atoms with Crippen LogP contribution < -0.4 is 5.32 Å². The first-order valence-corrected chi connectivity index (χ1v) is 6.21. The van der Waals surface area contributed by atoms with Gasteiger partial charge in [0.2, 0.25) is 0 Å². The van der Waals surface area contributed by atoms with E-state index < -0.39 is 5.41 Å². The highest BCUT2D eigenvalue weighted by Gasteiger charge is 2.26. The molecule has 0 fully saturated rings. The molecule has 1 rings (SSSR count). The maximum absolute atomic E-state index is 12.0. The molecule has 0 radical (unpaired) electrons. The first-order chi connectivity index (χ1) is 8.90. The van der Waals surface area contributed by atoms with Crippen molar-refractivity contribution in [3.05, 3.63) is 29.8 Å². The van der Waals surface area contributed by atoms with E-state index in [-0.39, 0.29) is 25.8 Å². The third-order valence-corrected chi connectivity index (χ3v) is 3.00. The Morgan fingerprint density at radius 2 is 2.00 bits per heavy atom. The summed E-state index contributed by atoms with van der Waals surface area (Å²) in [6.07, 6.45) is 0. The summed E-state index contributed by atoms with van der Waals surface area (Å²) in [7, 11) is 1.63. The number of carbonyl (C=O) groups is 1. The van der Waals surface area contributed by atoms with E-state index >= 15 is 0 Å². The Morgan fingerprint density at radius 1 is 1.37 bits per heavy atom. The Bertz CT molecular complexity index is 430. The van der Waals surface area contributed by atoms with Crippen molar-refractivity contribution in [1.29, 1.82) is 0 Å². The van der Waals surface area contributed by atoms with Crippen molar-refractivity contribution in [1.82, 2.24) is 4.90 Å². The molecule has 0 heterocycles. The molecule has 0 aliphatic rings. The monoisotopic (exact) mass is 266 g/mol. The summed E-state index contributed by atoms with van der Waals surface area (Å²) >= 11 is 0. The number of rotatable bonds is 5. The van der Waals surface area contributed by atoms with Gasteiger partial charge in [-0.2, -0.15) is 0 Å². The highest BCUT2D eigenvalue weighted by Crippen LogP contribution is 2.16. The van der Waals surface area contributed by atoms with Crippen molar-refractivity contribution >= 4 is 11.7 Å². The minimum Gasteiger partial charge on any atom is -0.396 e. The van der Waals surface area contributed by atoms with Crippen LogP contribution in [0.3, 0.4) is 0 Å². The Kier molecular flexibility index (Phi) is 5.32. The van der Waals surface area contributed by atoms with Crippen LogP contribution in [0.4, 0.5) is 10.5 Å². The molecule has 1 aromatic carbocycles. The van der Waals surface area contributed by atoms with Crippen LogP contribution in [-0.2, 0) is 0 Å². The fourth-order valence-corrected chi connectivity index (χ4v) is 1.74. The van der Waals surface area contributed by atoms with Gasteiger partial charge in [-0.15, -0.1) is 0 Å². The van der Waals surface area contributed by atoms with Crippen molar-refractivity contribution in [3.63, 3.8) is 0 Å². The van der Waals surface area contributed by atoms with Crippen molar-refractivity contribution in [3.8, 4) is 0 Å². The van der Waals surface area contributed by atoms with Gasteiger partial charge in [-0.3, -0.25) is 0 Å². The molecule has 0 saturated carbocycles. The zero-order valence-corrected chi connectivity index (χ0v) is 11.7. The zero-order chi connectivity index (χ0) is 14.5. The van der Waals surface area contributed by atoms with E-state index in [9.17, 15) is 15.0 Å². The van der Waals surface area contributed by atoms with Crippen LogP contribution in [-0.4, -0.2) is 48.0 Å². The second kappa shape index (κ2) is 6.54. The van der Waals surface area contributed by atoms with Crippen LogP contribution in [0.1, 0.15) is 12.5 Å². The maximum Gasteiger partial charge on any atom is 0.321 e. The number of aliphatic hydroxyl groups excluding tert-OH is 2. The van der Waals surface area contributed by atoms with Gasteiger partial charge in [0.1, 0.15) is 0 Å². The van der Waals surface area contributed by atoms with E-state index in [0.29, 0.717) is 0 Å². The van der Waals surface area contributed by atoms with Crippen molar-refractivity contribution in [2.45, 2.75) is 13.8 Å². The standard InChI is InChI=1S/C14H22N2O3/c1-11-5-4-6-12(7-11)15-13(19)16(3)8-14(2,9-17)10-18/h4-7,17-18H,8-10H2,1-3H3,(H,15,19). The van der Waals surface area contributed by atoms with Gasteiger partial charge in [0.15, 0.2) is 0 Å². The van der Waals surface area contributed by atoms with Gasteiger partial charge in [0.05, 0.1) is 13.2 Å². The summed E-state index contributed by atoms with van der Waals surface area (Å²) in [6.45, 7) is 3.60. The summed E-state index contributed by atoms with van der Waals surface area (Å²) in [5.74, 6) is 0. The van der Waals surface area contributed by atoms with Crippen LogP contribution in [0, 0.1) is 12.3 Å². The zero-order valence-electron chi connectivity index (χ0n) is 11.7. The maximum atomic E-state index is 12.0. The van der Waals surface area contributed by atoms with Gasteiger partial charge >= 0.3 is 6.03 Å². The molecule has 0 bridgehead atoms. The molecule has 0 aromatic heterocycles. The summed E-state index contributed by atoms with van der Waals surface area (Å²) in [5, 5.41) is 21.2. The molecule has 1 aromatic rings. The quantitative estimate of drug-likeness (QED) is 0.755. The lowest BCUT2D eigenvalue weighted by atomic mass is 9.92. The fraction of sp³-hybridized carbons (Fsp3) is 0.500. The average Bonchev–Trinajstić information content (AvgIpc) is 2.38. The number of benzene rings is 1. The van der Waals surface area contributed by atoms with Crippen molar-refractivity contribution < 1.29 is 15.0 Å². The van der Waals surface area contributed by atoms with E-state index in [1.807, 2.05) is 31.2 Å². The van der Waals surface area contributed by atoms with Crippen LogP contribution in [0.25, 0.3) is 0 Å². The molecule has 19 heavy (non-hydrogen) atoms. The molecule has 2 amide bonds. The number of aryl methyl sites for hydroxylation is 1. The number of nitrogens with zero attached hydrogens (tertiary/aromatic N) is 1. The normalized spacial score (nSPS) is 11.2. The third-order valence-electron chi connectivity index (χ3n) is 3.00. The van der Waals surface area contributed by atoms with Crippen LogP contribution >= 0.6 is 0 Å². The number of aliphatic hydroxyl groups is 2. The van der Waals surface area contributed by atoms with Gasteiger partial charge in [0.25, 0.3) is 0 Å². The predicted octanol–water partition coefficient (Wildman–Crippen LogP) is 1.45. The first-order valence-electron chi connectivity index (χ1n) is 6.21. The summed E-state index contributed by atoms with van der Waals surface area (Å²) in [6, 6.07) is 7.25. The summed E-state index contributed by atoms with van der Waals surface area (Å²) < 4.78 is 0. The largest absolute Gasteiger partial charge is 0.396 e. The lowest BCUT2D eigenvalue weighted by molar-refractivity contribution is 0.0509. The Morgan fingerprint density at radius 3 is 2.53 bits per heavy atom. The molecule has 0 atom stereocenters. The Labute approximate surface area is 113 Å². The molecule has 5 nitrogen and oxygen atoms in total. The molecule has 3 N–H and O–H groups in total. The highest BCUT2D eigenvalue weighted by atomic mass is 16.3. The van der Waals surface area contributed by atoms with Crippen LogP contribution in [0.15, 0.2) is 24.3 Å². The summed E-state index contributed by atoms with van der Waals surface area (Å²) in [4.78, 5) is 13.4. The Balaban J connectivity index is 2.63. The minimum absolute atomic E-state index is 0.175. The number of carbonyl (C=O) groups excluding carboxylic acids is 1. The highest BCUT2D eigenvalue weighted by molar-refractivity contribution is 5.89. The third kappa shape index (κ3) is 4.54. The van der Waals surface area contributed by atoms with Gasteiger partial charge in [0, 0.05) is 24.7 Å². The average molecular weight is 266 g/mol. The second-order valence-corrected chi connectivity index (χ2v) is 5.28. The molecule has 0 spiro atoms. The smallest absolute Gasteiger partial charge is 0.321 e. The number of anilines is 1. The molecule has 0 aliphatic carbocycles. The Hall–Kier alpha value is -1.59. The van der Waals surface area contributed by atoms with Crippen LogP contribution in [0.2, 0.25) is 0 Å². The SMILES string of the molecule is Cc1cccc(NC(=O)N(C)CC(C)(CO)CO)c1. The molecule has 0 aliphatic heterocycles. The lowest BCUT2D eigenvalue weighted by Crippen LogP contribution is -2.43. The van der Waals surface area contributed by atoms with Gasteiger partial charge in [-0.1, -0.05) is 19.1 Å². The van der Waals surface area contributed by atoms with Crippen LogP contribution in [0.5, 0.6) is 0 Å². The predicted molar refractivity (Wildman–Crippen MR) is 75.1 cm³/mol. The van der Waals surface area contributed by atoms with E-state index in [0.717, 1.165) is 11.3 Å². The van der Waals surface area contributed by atoms with Gasteiger partial charge in [-0.25, -0.2) is 4.79 Å². The first kappa shape index (κ1) is 15.5. The minimum atomic E-state index is -0.696. The molecular weight excluding hydrogens is 244 g/mol. The van der Waals surface area contributed by atoms with Crippen molar-refractivity contribution in [2.75, 3.05) is 32.1 Å².